The van der Waals surface area contributed by atoms with Crippen LogP contribution in [-0.4, -0.2) is 30.1 Å². The summed E-state index contributed by atoms with van der Waals surface area (Å²) < 4.78 is 5.23. The lowest BCUT2D eigenvalue weighted by molar-refractivity contribution is -0.115. The Morgan fingerprint density at radius 2 is 1.48 bits per heavy atom. The Bertz CT molecular complexity index is 1820. The number of thioether (sulfide) groups is 1. The fraction of sp³-hybridized carbons (Fsp3) is 0.0833. The Morgan fingerprint density at radius 3 is 2.25 bits per heavy atom. The number of hydrogen-bond acceptors (Lipinski definition) is 5. The first-order valence-corrected chi connectivity index (χ1v) is 14.9. The van der Waals surface area contributed by atoms with E-state index in [0.717, 1.165) is 21.4 Å². The number of nitrogens with one attached hydrogen (secondary N) is 3. The van der Waals surface area contributed by atoms with Crippen molar-refractivity contribution in [3.63, 3.8) is 0 Å². The second-order valence-corrected chi connectivity index (χ2v) is 11.3. The minimum absolute atomic E-state index is 0.0740. The van der Waals surface area contributed by atoms with Gasteiger partial charge in [0.2, 0.25) is 5.91 Å². The van der Waals surface area contributed by atoms with Crippen LogP contribution in [-0.2, 0) is 9.59 Å². The van der Waals surface area contributed by atoms with Gasteiger partial charge in [0.15, 0.2) is 0 Å². The Morgan fingerprint density at radius 1 is 0.773 bits per heavy atom. The van der Waals surface area contributed by atoms with Crippen molar-refractivity contribution in [2.24, 2.45) is 0 Å². The maximum absolute atomic E-state index is 13.5. The monoisotopic (exact) mass is 601 g/mol. The molecule has 0 saturated carbocycles. The minimum Gasteiger partial charge on any atom is -0.497 e. The third-order valence-electron chi connectivity index (χ3n) is 6.78. The van der Waals surface area contributed by atoms with Gasteiger partial charge in [-0.15, -0.1) is 11.8 Å². The molecule has 0 fully saturated rings. The molecule has 0 radical (unpaired) electrons. The van der Waals surface area contributed by atoms with Crippen molar-refractivity contribution in [3.05, 3.63) is 138 Å². The molecular weight excluding hydrogens is 570 g/mol. The molecule has 0 heterocycles. The normalized spacial score (nSPS) is 11.8. The van der Waals surface area contributed by atoms with Crippen molar-refractivity contribution < 1.29 is 19.1 Å². The van der Waals surface area contributed by atoms with Crippen LogP contribution in [0.4, 0.5) is 11.4 Å². The van der Waals surface area contributed by atoms with E-state index in [1.807, 2.05) is 67.6 Å². The lowest BCUT2D eigenvalue weighted by Gasteiger charge is -2.15. The van der Waals surface area contributed by atoms with Crippen molar-refractivity contribution >= 4 is 57.7 Å². The summed E-state index contributed by atoms with van der Waals surface area (Å²) in [6.07, 6.45) is 1.61. The number of anilines is 2. The number of fused-ring (bicyclic) bond motifs is 1. The fourth-order valence-corrected chi connectivity index (χ4v) is 5.41. The van der Waals surface area contributed by atoms with Crippen molar-refractivity contribution in [3.8, 4) is 5.75 Å². The zero-order chi connectivity index (χ0) is 30.9. The zero-order valence-electron chi connectivity index (χ0n) is 24.2. The van der Waals surface area contributed by atoms with E-state index < -0.39 is 17.1 Å². The van der Waals surface area contributed by atoms with Crippen molar-refractivity contribution in [1.82, 2.24) is 5.32 Å². The summed E-state index contributed by atoms with van der Waals surface area (Å²) in [5.41, 5.74) is 2.49. The van der Waals surface area contributed by atoms with Gasteiger partial charge in [0.1, 0.15) is 11.4 Å². The zero-order valence-corrected chi connectivity index (χ0v) is 25.1. The molecule has 5 aromatic carbocycles. The van der Waals surface area contributed by atoms with Crippen molar-refractivity contribution in [2.45, 2.75) is 17.1 Å². The van der Waals surface area contributed by atoms with Crippen LogP contribution >= 0.6 is 11.8 Å². The van der Waals surface area contributed by atoms with Gasteiger partial charge in [0.05, 0.1) is 12.4 Å². The maximum Gasteiger partial charge on any atom is 0.272 e. The summed E-state index contributed by atoms with van der Waals surface area (Å²) in [7, 11) is 1.58. The van der Waals surface area contributed by atoms with Gasteiger partial charge in [0, 0.05) is 27.2 Å². The molecule has 220 valence electrons. The molecule has 0 spiro atoms. The van der Waals surface area contributed by atoms with E-state index in [1.165, 1.54) is 11.8 Å². The van der Waals surface area contributed by atoms with Crippen LogP contribution in [0, 0.1) is 0 Å². The Labute approximate surface area is 260 Å². The predicted octanol–water partition coefficient (Wildman–Crippen LogP) is 7.38. The number of hydrogen-bond donors (Lipinski definition) is 3. The van der Waals surface area contributed by atoms with E-state index in [-0.39, 0.29) is 11.6 Å². The molecule has 44 heavy (non-hydrogen) atoms. The number of benzene rings is 5. The lowest BCUT2D eigenvalue weighted by Crippen LogP contribution is -2.30. The summed E-state index contributed by atoms with van der Waals surface area (Å²) >= 11 is 1.38. The molecule has 0 aromatic heterocycles. The topological polar surface area (TPSA) is 96.5 Å². The molecule has 0 aliphatic heterocycles. The second-order valence-electron chi connectivity index (χ2n) is 9.91. The number of rotatable bonds is 10. The van der Waals surface area contributed by atoms with E-state index in [4.69, 9.17) is 4.74 Å². The molecule has 0 bridgehead atoms. The molecule has 8 heteroatoms. The average Bonchev–Trinajstić information content (AvgIpc) is 3.05. The highest BCUT2D eigenvalue weighted by Gasteiger charge is 2.18. The molecule has 5 rings (SSSR count). The van der Waals surface area contributed by atoms with Gasteiger partial charge in [-0.05, 0) is 72.5 Å². The highest BCUT2D eigenvalue weighted by Crippen LogP contribution is 2.28. The van der Waals surface area contributed by atoms with Crippen LogP contribution in [0.15, 0.2) is 132 Å². The molecule has 1 atom stereocenters. The lowest BCUT2D eigenvalue weighted by atomic mass is 10.1. The summed E-state index contributed by atoms with van der Waals surface area (Å²) in [6, 6.07) is 36.8. The first-order chi connectivity index (χ1) is 21.4. The predicted molar refractivity (Wildman–Crippen MR) is 178 cm³/mol. The summed E-state index contributed by atoms with van der Waals surface area (Å²) in [6.45, 7) is 1.84. The molecule has 1 unspecified atom stereocenters. The largest absolute Gasteiger partial charge is 0.497 e. The van der Waals surface area contributed by atoms with Crippen molar-refractivity contribution in [2.75, 3.05) is 17.7 Å². The van der Waals surface area contributed by atoms with Gasteiger partial charge in [-0.3, -0.25) is 14.4 Å². The van der Waals surface area contributed by atoms with Crippen LogP contribution in [0.1, 0.15) is 22.8 Å². The first kappa shape index (κ1) is 30.1. The van der Waals surface area contributed by atoms with Crippen LogP contribution in [0.5, 0.6) is 5.75 Å². The number of methoxy groups -OCH3 is 1. The van der Waals surface area contributed by atoms with Crippen molar-refractivity contribution in [1.29, 1.82) is 0 Å². The first-order valence-electron chi connectivity index (χ1n) is 14.0. The standard InChI is InChI=1S/C36H31N3O4S/c1-24(34(40)38-32-17-8-13-26-10-6-7-16-31(26)32)44-30-15-9-14-28(23-30)37-36(42)33(22-25-18-20-29(43-2)21-19-25)39-35(41)27-11-4-3-5-12-27/h3-24H,1-2H3,(H,37,42)(H,38,40)(H,39,41)/b33-22+. The third-order valence-corrected chi connectivity index (χ3v) is 7.87. The van der Waals surface area contributed by atoms with Gasteiger partial charge in [-0.25, -0.2) is 0 Å². The minimum atomic E-state index is -0.492. The fourth-order valence-electron chi connectivity index (χ4n) is 4.48. The molecule has 0 aliphatic carbocycles. The molecule has 5 aromatic rings. The summed E-state index contributed by atoms with van der Waals surface area (Å²) in [4.78, 5) is 40.3. The molecule has 7 nitrogen and oxygen atoms in total. The molecule has 3 amide bonds. The number of amides is 3. The van der Waals surface area contributed by atoms with Gasteiger partial charge in [-0.2, -0.15) is 0 Å². The molecule has 0 saturated heterocycles. The highest BCUT2D eigenvalue weighted by atomic mass is 32.2. The third kappa shape index (κ3) is 7.73. The van der Waals surface area contributed by atoms with Crippen LogP contribution in [0.2, 0.25) is 0 Å². The van der Waals surface area contributed by atoms with Gasteiger partial charge >= 0.3 is 0 Å². The number of ether oxygens (including phenoxy) is 1. The second kappa shape index (κ2) is 14.2. The molecule has 0 aliphatic rings. The van der Waals surface area contributed by atoms with E-state index >= 15 is 0 Å². The molecular formula is C36H31N3O4S. The Kier molecular flexibility index (Phi) is 9.74. The Balaban J connectivity index is 1.29. The summed E-state index contributed by atoms with van der Waals surface area (Å²) in [5.74, 6) is -0.352. The van der Waals surface area contributed by atoms with Gasteiger partial charge in [0.25, 0.3) is 11.8 Å². The van der Waals surface area contributed by atoms with Crippen LogP contribution in [0.25, 0.3) is 16.8 Å². The van der Waals surface area contributed by atoms with E-state index in [1.54, 1.807) is 73.8 Å². The van der Waals surface area contributed by atoms with Crippen LogP contribution in [0.3, 0.4) is 0 Å². The number of carbonyl (C=O) groups is 3. The maximum atomic E-state index is 13.5. The SMILES string of the molecule is COc1ccc(/C=C(/NC(=O)c2ccccc2)C(=O)Nc2cccc(SC(C)C(=O)Nc3cccc4ccccc34)c2)cc1. The highest BCUT2D eigenvalue weighted by molar-refractivity contribution is 8.00. The number of carbonyl (C=O) groups excluding carboxylic acids is 3. The van der Waals surface area contributed by atoms with Crippen LogP contribution < -0.4 is 20.7 Å². The average molecular weight is 602 g/mol. The van der Waals surface area contributed by atoms with E-state index in [9.17, 15) is 14.4 Å². The Hall–Kier alpha value is -5.34. The van der Waals surface area contributed by atoms with E-state index in [2.05, 4.69) is 16.0 Å². The summed E-state index contributed by atoms with van der Waals surface area (Å²) in [5, 5.41) is 10.3. The van der Waals surface area contributed by atoms with Gasteiger partial charge in [-0.1, -0.05) is 72.8 Å². The van der Waals surface area contributed by atoms with E-state index in [0.29, 0.717) is 22.6 Å². The smallest absolute Gasteiger partial charge is 0.272 e. The quantitative estimate of drug-likeness (QED) is 0.115. The van der Waals surface area contributed by atoms with Gasteiger partial charge < -0.3 is 20.7 Å². The molecule has 3 N–H and O–H groups in total.